The first-order valence-electron chi connectivity index (χ1n) is 6.31. The molecule has 108 valence electrons. The quantitative estimate of drug-likeness (QED) is 0.762. The minimum absolute atomic E-state index is 0.324. The van der Waals surface area contributed by atoms with E-state index in [1.165, 1.54) is 0 Å². The lowest BCUT2D eigenvalue weighted by atomic mass is 10.0. The van der Waals surface area contributed by atoms with Gasteiger partial charge in [-0.25, -0.2) is 9.97 Å². The van der Waals surface area contributed by atoms with Gasteiger partial charge < -0.3 is 9.80 Å². The molecule has 0 spiro atoms. The van der Waals surface area contributed by atoms with Gasteiger partial charge >= 0.3 is 6.18 Å². The summed E-state index contributed by atoms with van der Waals surface area (Å²) < 4.78 is 37.3. The SMILES string of the molecule is O=CN1CC2CN(c3ncc(C(F)(F)F)cn3)CC2C1. The number of amides is 1. The molecule has 5 nitrogen and oxygen atoms in total. The maximum absolute atomic E-state index is 12.4. The number of aromatic nitrogens is 2. The standard InChI is InChI=1S/C12H13F3N4O/c13-12(14,15)10-1-16-11(17-2-10)19-5-8-3-18(7-20)4-9(8)6-19/h1-2,7-9H,3-6H2. The lowest BCUT2D eigenvalue weighted by molar-refractivity contribution is -0.138. The second-order valence-corrected chi connectivity index (χ2v) is 5.25. The van der Waals surface area contributed by atoms with Gasteiger partial charge in [-0.05, 0) is 0 Å². The van der Waals surface area contributed by atoms with Gasteiger partial charge in [0, 0.05) is 50.4 Å². The summed E-state index contributed by atoms with van der Waals surface area (Å²) in [6.07, 6.45) is -1.94. The first kappa shape index (κ1) is 13.1. The molecule has 2 atom stereocenters. The van der Waals surface area contributed by atoms with E-state index in [4.69, 9.17) is 0 Å². The number of halogens is 3. The molecule has 0 bridgehead atoms. The second kappa shape index (κ2) is 4.60. The maximum atomic E-state index is 12.4. The van der Waals surface area contributed by atoms with Crippen molar-refractivity contribution >= 4 is 12.4 Å². The fourth-order valence-electron chi connectivity index (χ4n) is 2.91. The molecule has 2 saturated heterocycles. The second-order valence-electron chi connectivity index (χ2n) is 5.25. The number of carbonyl (C=O) groups excluding carboxylic acids is 1. The van der Waals surface area contributed by atoms with E-state index in [-0.39, 0.29) is 0 Å². The summed E-state index contributed by atoms with van der Waals surface area (Å²) in [6.45, 7) is 2.76. The number of hydrogen-bond acceptors (Lipinski definition) is 4. The zero-order valence-electron chi connectivity index (χ0n) is 10.5. The van der Waals surface area contributed by atoms with Gasteiger partial charge in [0.25, 0.3) is 0 Å². The minimum atomic E-state index is -4.41. The Morgan fingerprint density at radius 2 is 1.65 bits per heavy atom. The average Bonchev–Trinajstić information content (AvgIpc) is 2.95. The van der Waals surface area contributed by atoms with Crippen molar-refractivity contribution in [1.29, 1.82) is 0 Å². The first-order valence-corrected chi connectivity index (χ1v) is 6.31. The van der Waals surface area contributed by atoms with Crippen LogP contribution in [0.4, 0.5) is 19.1 Å². The van der Waals surface area contributed by atoms with E-state index < -0.39 is 11.7 Å². The van der Waals surface area contributed by atoms with Crippen LogP contribution in [0.2, 0.25) is 0 Å². The molecular weight excluding hydrogens is 273 g/mol. The molecule has 3 rings (SSSR count). The molecule has 2 aliphatic heterocycles. The smallest absolute Gasteiger partial charge is 0.345 e. The summed E-state index contributed by atoms with van der Waals surface area (Å²) in [4.78, 5) is 21.9. The van der Waals surface area contributed by atoms with E-state index in [2.05, 4.69) is 9.97 Å². The van der Waals surface area contributed by atoms with E-state index in [9.17, 15) is 18.0 Å². The van der Waals surface area contributed by atoms with E-state index in [1.54, 1.807) is 4.90 Å². The Labute approximate surface area is 113 Å². The lowest BCUT2D eigenvalue weighted by Crippen LogP contribution is -2.29. The summed E-state index contributed by atoms with van der Waals surface area (Å²) in [6, 6.07) is 0. The molecule has 1 aromatic heterocycles. The topological polar surface area (TPSA) is 49.3 Å². The van der Waals surface area contributed by atoms with Gasteiger partial charge in [-0.1, -0.05) is 0 Å². The molecule has 20 heavy (non-hydrogen) atoms. The van der Waals surface area contributed by atoms with Crippen LogP contribution >= 0.6 is 0 Å². The molecule has 0 aromatic carbocycles. The molecule has 0 N–H and O–H groups in total. The molecule has 2 fully saturated rings. The first-order chi connectivity index (χ1) is 9.47. The highest BCUT2D eigenvalue weighted by Crippen LogP contribution is 2.33. The predicted molar refractivity (Wildman–Crippen MR) is 63.9 cm³/mol. The molecule has 0 aliphatic carbocycles. The van der Waals surface area contributed by atoms with Gasteiger partial charge in [0.1, 0.15) is 0 Å². The average molecular weight is 286 g/mol. The number of rotatable bonds is 2. The highest BCUT2D eigenvalue weighted by atomic mass is 19.4. The molecule has 8 heteroatoms. The molecule has 2 unspecified atom stereocenters. The monoisotopic (exact) mass is 286 g/mol. The fraction of sp³-hybridized carbons (Fsp3) is 0.583. The Hall–Kier alpha value is -1.86. The van der Waals surface area contributed by atoms with Gasteiger partial charge in [0.05, 0.1) is 5.56 Å². The third-order valence-electron chi connectivity index (χ3n) is 3.91. The number of nitrogens with zero attached hydrogens (tertiary/aromatic N) is 4. The van der Waals surface area contributed by atoms with Gasteiger partial charge in [-0.3, -0.25) is 4.79 Å². The van der Waals surface area contributed by atoms with Crippen LogP contribution in [-0.2, 0) is 11.0 Å². The molecule has 1 aromatic rings. The largest absolute Gasteiger partial charge is 0.419 e. The van der Waals surface area contributed by atoms with Crippen molar-refractivity contribution in [3.8, 4) is 0 Å². The Morgan fingerprint density at radius 3 is 2.10 bits per heavy atom. The van der Waals surface area contributed by atoms with Crippen molar-refractivity contribution in [3.63, 3.8) is 0 Å². The molecule has 0 radical (unpaired) electrons. The van der Waals surface area contributed by atoms with Crippen LogP contribution in [0.1, 0.15) is 5.56 Å². The van der Waals surface area contributed by atoms with E-state index >= 15 is 0 Å². The Balaban J connectivity index is 1.69. The van der Waals surface area contributed by atoms with Gasteiger partial charge in [-0.2, -0.15) is 13.2 Å². The normalized spacial score (nSPS) is 25.9. The highest BCUT2D eigenvalue weighted by Gasteiger charge is 2.40. The van der Waals surface area contributed by atoms with Gasteiger partial charge in [-0.15, -0.1) is 0 Å². The minimum Gasteiger partial charge on any atom is -0.345 e. The third kappa shape index (κ3) is 2.30. The fourth-order valence-corrected chi connectivity index (χ4v) is 2.91. The predicted octanol–water partition coefficient (Wildman–Crippen LogP) is 1.02. The van der Waals surface area contributed by atoms with E-state index in [0.29, 0.717) is 44.0 Å². The zero-order valence-corrected chi connectivity index (χ0v) is 10.5. The van der Waals surface area contributed by atoms with Crippen molar-refractivity contribution in [3.05, 3.63) is 18.0 Å². The number of fused-ring (bicyclic) bond motifs is 1. The maximum Gasteiger partial charge on any atom is 0.419 e. The summed E-state index contributed by atoms with van der Waals surface area (Å²) in [5.41, 5.74) is -0.840. The molecule has 0 saturated carbocycles. The Morgan fingerprint density at radius 1 is 1.10 bits per heavy atom. The Kier molecular flexibility index (Phi) is 3.02. The van der Waals surface area contributed by atoms with Crippen LogP contribution in [0, 0.1) is 11.8 Å². The number of anilines is 1. The van der Waals surface area contributed by atoms with Crippen molar-refractivity contribution in [2.24, 2.45) is 11.8 Å². The summed E-state index contributed by atoms with van der Waals surface area (Å²) in [5.74, 6) is 1.03. The van der Waals surface area contributed by atoms with Crippen LogP contribution in [0.15, 0.2) is 12.4 Å². The molecule has 1 amide bonds. The van der Waals surface area contributed by atoms with Crippen LogP contribution in [0.5, 0.6) is 0 Å². The van der Waals surface area contributed by atoms with Crippen molar-refractivity contribution in [1.82, 2.24) is 14.9 Å². The summed E-state index contributed by atoms with van der Waals surface area (Å²) in [5, 5.41) is 0. The van der Waals surface area contributed by atoms with Crippen molar-refractivity contribution in [2.45, 2.75) is 6.18 Å². The van der Waals surface area contributed by atoms with Gasteiger partial charge in [0.2, 0.25) is 12.4 Å². The molecule has 3 heterocycles. The van der Waals surface area contributed by atoms with Crippen LogP contribution in [-0.4, -0.2) is 47.5 Å². The van der Waals surface area contributed by atoms with Crippen LogP contribution < -0.4 is 4.90 Å². The third-order valence-corrected chi connectivity index (χ3v) is 3.91. The Bertz CT molecular complexity index is 490. The summed E-state index contributed by atoms with van der Waals surface area (Å²) >= 11 is 0. The zero-order chi connectivity index (χ0) is 14.3. The molecular formula is C12H13F3N4O. The number of carbonyl (C=O) groups is 1. The van der Waals surface area contributed by atoms with Crippen molar-refractivity contribution in [2.75, 3.05) is 31.1 Å². The molecule has 2 aliphatic rings. The van der Waals surface area contributed by atoms with Gasteiger partial charge in [0.15, 0.2) is 0 Å². The van der Waals surface area contributed by atoms with Crippen molar-refractivity contribution < 1.29 is 18.0 Å². The summed E-state index contributed by atoms with van der Waals surface area (Å²) in [7, 11) is 0. The van der Waals surface area contributed by atoms with Crippen LogP contribution in [0.3, 0.4) is 0 Å². The van der Waals surface area contributed by atoms with Crippen LogP contribution in [0.25, 0.3) is 0 Å². The number of alkyl halides is 3. The lowest BCUT2D eigenvalue weighted by Gasteiger charge is -2.19. The highest BCUT2D eigenvalue weighted by molar-refractivity contribution is 5.48. The number of hydrogen-bond donors (Lipinski definition) is 0. The number of likely N-dealkylation sites (tertiary alicyclic amines) is 1. The van der Waals surface area contributed by atoms with E-state index in [0.717, 1.165) is 18.8 Å². The van der Waals surface area contributed by atoms with E-state index in [1.807, 2.05) is 4.90 Å².